The molecule has 0 spiro atoms. The molecular weight excluding hydrogens is 256 g/mol. The molecule has 0 bridgehead atoms. The van der Waals surface area contributed by atoms with E-state index in [1.165, 1.54) is 32.7 Å². The summed E-state index contributed by atoms with van der Waals surface area (Å²) in [4.78, 5) is 0. The highest BCUT2D eigenvalue weighted by Gasteiger charge is 2.21. The van der Waals surface area contributed by atoms with Crippen LogP contribution in [0.3, 0.4) is 0 Å². The summed E-state index contributed by atoms with van der Waals surface area (Å²) in [7, 11) is 0. The molecule has 0 aliphatic carbocycles. The van der Waals surface area contributed by atoms with Crippen molar-refractivity contribution in [2.45, 2.75) is 0 Å². The van der Waals surface area contributed by atoms with Crippen LogP contribution < -0.4 is 4.74 Å². The number of rotatable bonds is 0. The first-order valence-electron chi connectivity index (χ1n) is 7.13. The maximum atomic E-state index is 6.16. The Morgan fingerprint density at radius 2 is 1.38 bits per heavy atom. The number of fused-ring (bicyclic) bond motifs is 4. The summed E-state index contributed by atoms with van der Waals surface area (Å²) in [6, 6.07) is 25.4. The summed E-state index contributed by atoms with van der Waals surface area (Å²) in [5.41, 5.74) is 2.47. The highest BCUT2D eigenvalue weighted by molar-refractivity contribution is 6.11. The summed E-state index contributed by atoms with van der Waals surface area (Å²) in [5, 5.41) is 4.93. The lowest BCUT2D eigenvalue weighted by Crippen LogP contribution is -1.97. The molecule has 21 heavy (non-hydrogen) atoms. The van der Waals surface area contributed by atoms with Crippen molar-refractivity contribution in [2.24, 2.45) is 0 Å². The van der Waals surface area contributed by atoms with Crippen LogP contribution in [0, 0.1) is 0 Å². The quantitative estimate of drug-likeness (QED) is 0.346. The Morgan fingerprint density at radius 3 is 2.33 bits per heavy atom. The smallest absolute Gasteiger partial charge is 0.135 e. The molecule has 4 aromatic carbocycles. The van der Waals surface area contributed by atoms with Gasteiger partial charge in [0.15, 0.2) is 0 Å². The fraction of sp³-hybridized carbons (Fsp3) is 0. The van der Waals surface area contributed by atoms with Crippen LogP contribution in [0.2, 0.25) is 0 Å². The Bertz CT molecular complexity index is 1010. The second kappa shape index (κ2) is 3.86. The molecule has 0 amide bonds. The van der Waals surface area contributed by atoms with Gasteiger partial charge in [0.05, 0.1) is 0 Å². The highest BCUT2D eigenvalue weighted by atomic mass is 16.5. The van der Waals surface area contributed by atoms with Crippen LogP contribution in [0.4, 0.5) is 0 Å². The second-order valence-electron chi connectivity index (χ2n) is 5.42. The van der Waals surface area contributed by atoms with Gasteiger partial charge in [-0.25, -0.2) is 0 Å². The minimum absolute atomic E-state index is 0.944. The summed E-state index contributed by atoms with van der Waals surface area (Å²) >= 11 is 0. The molecule has 0 N–H and O–H groups in total. The van der Waals surface area contributed by atoms with Crippen molar-refractivity contribution < 1.29 is 4.74 Å². The summed E-state index contributed by atoms with van der Waals surface area (Å²) in [5.74, 6) is 1.89. The standard InChI is InChI=1S/C20H12O/c1-2-8-15-13(5-1)11-12-18-20(15)16-9-3-6-14-7-4-10-17(21-18)19(14)16/h1-12H. The van der Waals surface area contributed by atoms with Crippen molar-refractivity contribution in [2.75, 3.05) is 0 Å². The minimum atomic E-state index is 0.944. The third-order valence-electron chi connectivity index (χ3n) is 4.25. The number of hydrogen-bond acceptors (Lipinski definition) is 1. The molecule has 1 aliphatic rings. The zero-order valence-corrected chi connectivity index (χ0v) is 11.3. The molecular formula is C20H12O. The van der Waals surface area contributed by atoms with Crippen molar-refractivity contribution in [3.8, 4) is 22.6 Å². The average Bonchev–Trinajstić information content (AvgIpc) is 2.55. The summed E-state index contributed by atoms with van der Waals surface area (Å²) in [6.45, 7) is 0. The largest absolute Gasteiger partial charge is 0.456 e. The molecule has 98 valence electrons. The molecule has 0 unspecified atom stereocenters. The number of benzene rings is 4. The van der Waals surface area contributed by atoms with E-state index in [1.54, 1.807) is 0 Å². The molecule has 5 rings (SSSR count). The van der Waals surface area contributed by atoms with E-state index in [0.29, 0.717) is 0 Å². The van der Waals surface area contributed by atoms with Crippen molar-refractivity contribution in [3.63, 3.8) is 0 Å². The van der Waals surface area contributed by atoms with Gasteiger partial charge in [-0.2, -0.15) is 0 Å². The van der Waals surface area contributed by atoms with Crippen LogP contribution in [-0.4, -0.2) is 0 Å². The van der Waals surface area contributed by atoms with Gasteiger partial charge in [0.2, 0.25) is 0 Å². The topological polar surface area (TPSA) is 9.23 Å². The average molecular weight is 268 g/mol. The van der Waals surface area contributed by atoms with Gasteiger partial charge in [-0.3, -0.25) is 0 Å². The van der Waals surface area contributed by atoms with E-state index in [4.69, 9.17) is 4.74 Å². The van der Waals surface area contributed by atoms with Gasteiger partial charge in [-0.15, -0.1) is 0 Å². The van der Waals surface area contributed by atoms with E-state index >= 15 is 0 Å². The number of ether oxygens (including phenoxy) is 1. The molecule has 0 saturated heterocycles. The maximum absolute atomic E-state index is 6.16. The first kappa shape index (κ1) is 10.9. The van der Waals surface area contributed by atoms with E-state index in [9.17, 15) is 0 Å². The zero-order valence-electron chi connectivity index (χ0n) is 11.3. The van der Waals surface area contributed by atoms with E-state index in [-0.39, 0.29) is 0 Å². The van der Waals surface area contributed by atoms with Gasteiger partial charge in [0, 0.05) is 10.9 Å². The normalized spacial score (nSPS) is 12.2. The fourth-order valence-corrected chi connectivity index (χ4v) is 3.33. The lowest BCUT2D eigenvalue weighted by atomic mass is 9.91. The van der Waals surface area contributed by atoms with E-state index in [0.717, 1.165) is 11.5 Å². The van der Waals surface area contributed by atoms with Crippen LogP contribution in [0.5, 0.6) is 11.5 Å². The highest BCUT2D eigenvalue weighted by Crippen LogP contribution is 2.48. The maximum Gasteiger partial charge on any atom is 0.135 e. The Kier molecular flexibility index (Phi) is 2.01. The minimum Gasteiger partial charge on any atom is -0.456 e. The Labute approximate surface area is 122 Å². The van der Waals surface area contributed by atoms with E-state index in [2.05, 4.69) is 60.7 Å². The lowest BCUT2D eigenvalue weighted by molar-refractivity contribution is 0.488. The molecule has 1 nitrogen and oxygen atoms in total. The van der Waals surface area contributed by atoms with Gasteiger partial charge in [-0.05, 0) is 33.9 Å². The second-order valence-corrected chi connectivity index (χ2v) is 5.42. The molecule has 1 heteroatoms. The van der Waals surface area contributed by atoms with Gasteiger partial charge in [0.1, 0.15) is 11.5 Å². The Balaban J connectivity index is 2.03. The van der Waals surface area contributed by atoms with Gasteiger partial charge in [-0.1, -0.05) is 60.7 Å². The summed E-state index contributed by atoms with van der Waals surface area (Å²) < 4.78 is 6.16. The predicted molar refractivity (Wildman–Crippen MR) is 87.0 cm³/mol. The van der Waals surface area contributed by atoms with Crippen LogP contribution in [0.1, 0.15) is 0 Å². The molecule has 0 saturated carbocycles. The SMILES string of the molecule is c1ccc2c3c(ccc2c1)Oc1cccc2cccc-3c12. The van der Waals surface area contributed by atoms with Crippen LogP contribution >= 0.6 is 0 Å². The monoisotopic (exact) mass is 268 g/mol. The predicted octanol–water partition coefficient (Wildman–Crippen LogP) is 5.77. The third kappa shape index (κ3) is 1.40. The van der Waals surface area contributed by atoms with E-state index in [1.807, 2.05) is 12.1 Å². The van der Waals surface area contributed by atoms with Gasteiger partial charge < -0.3 is 4.74 Å². The first-order chi connectivity index (χ1) is 10.4. The third-order valence-corrected chi connectivity index (χ3v) is 4.25. The Hall–Kier alpha value is -2.80. The van der Waals surface area contributed by atoms with Gasteiger partial charge in [0.25, 0.3) is 0 Å². The van der Waals surface area contributed by atoms with Crippen molar-refractivity contribution in [1.82, 2.24) is 0 Å². The Morgan fingerprint density at radius 1 is 0.571 bits per heavy atom. The van der Waals surface area contributed by atoms with Crippen molar-refractivity contribution in [1.29, 1.82) is 0 Å². The molecule has 0 atom stereocenters. The molecule has 0 aromatic heterocycles. The van der Waals surface area contributed by atoms with Gasteiger partial charge >= 0.3 is 0 Å². The molecule has 0 fully saturated rings. The zero-order chi connectivity index (χ0) is 13.8. The molecule has 1 aliphatic heterocycles. The van der Waals surface area contributed by atoms with Crippen molar-refractivity contribution in [3.05, 3.63) is 72.8 Å². The van der Waals surface area contributed by atoms with Crippen LogP contribution in [0.25, 0.3) is 32.7 Å². The van der Waals surface area contributed by atoms with Crippen molar-refractivity contribution >= 4 is 21.5 Å². The fourth-order valence-electron chi connectivity index (χ4n) is 3.33. The molecule has 0 radical (unpaired) electrons. The number of hydrogen-bond donors (Lipinski definition) is 0. The molecule has 4 aromatic rings. The first-order valence-corrected chi connectivity index (χ1v) is 7.13. The summed E-state index contributed by atoms with van der Waals surface area (Å²) in [6.07, 6.45) is 0. The lowest BCUT2D eigenvalue weighted by Gasteiger charge is -2.22. The molecule has 1 heterocycles. The van der Waals surface area contributed by atoms with E-state index < -0.39 is 0 Å². The van der Waals surface area contributed by atoms with Crippen LogP contribution in [-0.2, 0) is 0 Å². The van der Waals surface area contributed by atoms with Crippen LogP contribution in [0.15, 0.2) is 72.8 Å².